The summed E-state index contributed by atoms with van der Waals surface area (Å²) in [4.78, 5) is 15.4. The third-order valence-corrected chi connectivity index (χ3v) is 10.7. The highest BCUT2D eigenvalue weighted by atomic mass is 16.3. The molecular weight excluding hydrogens is 697 g/mol. The second-order valence-corrected chi connectivity index (χ2v) is 15.6. The first-order valence-corrected chi connectivity index (χ1v) is 19.3. The van der Waals surface area contributed by atoms with Crippen molar-refractivity contribution in [2.75, 3.05) is 0 Å². The van der Waals surface area contributed by atoms with Crippen molar-refractivity contribution in [3.05, 3.63) is 187 Å². The molecule has 1 N–H and O–H groups in total. The van der Waals surface area contributed by atoms with E-state index in [0.29, 0.717) is 11.4 Å². The zero-order chi connectivity index (χ0) is 39.1. The third-order valence-electron chi connectivity index (χ3n) is 10.7. The normalized spacial score (nSPS) is 11.6. The lowest BCUT2D eigenvalue weighted by Crippen LogP contribution is -2.11. The first-order chi connectivity index (χ1) is 27.7. The highest BCUT2D eigenvalue weighted by Gasteiger charge is 2.25. The molecule has 0 spiro atoms. The summed E-state index contributed by atoms with van der Waals surface area (Å²) in [6.45, 7) is 8.44. The van der Waals surface area contributed by atoms with Crippen LogP contribution in [0, 0.1) is 6.92 Å². The zero-order valence-corrected chi connectivity index (χ0v) is 32.5. The number of aromatic nitrogens is 4. The number of phenols is 1. The molecule has 0 aliphatic heterocycles. The van der Waals surface area contributed by atoms with Crippen LogP contribution in [0.5, 0.6) is 5.75 Å². The maximum absolute atomic E-state index is 11.8. The molecule has 3 heterocycles. The van der Waals surface area contributed by atoms with Crippen LogP contribution >= 0.6 is 0 Å². The number of aromatic hydroxyl groups is 1. The van der Waals surface area contributed by atoms with Gasteiger partial charge < -0.3 is 5.11 Å². The molecule has 0 unspecified atom stereocenters. The third kappa shape index (κ3) is 6.78. The predicted octanol–water partition coefficient (Wildman–Crippen LogP) is 13.1. The van der Waals surface area contributed by atoms with Gasteiger partial charge in [-0.2, -0.15) is 0 Å². The lowest BCUT2D eigenvalue weighted by atomic mass is 9.85. The Hall–Kier alpha value is -7.11. The van der Waals surface area contributed by atoms with E-state index in [1.54, 1.807) is 0 Å². The second kappa shape index (κ2) is 14.5. The lowest BCUT2D eigenvalue weighted by Gasteiger charge is -2.22. The van der Waals surface area contributed by atoms with Gasteiger partial charge in [0.2, 0.25) is 0 Å². The average molecular weight is 739 g/mol. The van der Waals surface area contributed by atoms with Crippen LogP contribution in [0.15, 0.2) is 176 Å². The number of pyridine rings is 2. The minimum atomic E-state index is -0.264. The molecule has 3 aromatic heterocycles. The fraction of sp³-hybridized carbons (Fsp3) is 0.0962. The molecule has 0 aliphatic rings. The maximum atomic E-state index is 11.8. The van der Waals surface area contributed by atoms with Crippen molar-refractivity contribution in [3.63, 3.8) is 0 Å². The smallest absolute Gasteiger partial charge is 0.149 e. The van der Waals surface area contributed by atoms with Gasteiger partial charge >= 0.3 is 0 Å². The van der Waals surface area contributed by atoms with E-state index in [0.717, 1.165) is 72.6 Å². The van der Waals surface area contributed by atoms with Gasteiger partial charge in [0.15, 0.2) is 0 Å². The summed E-state index contributed by atoms with van der Waals surface area (Å²) in [5.74, 6) is 0.882. The number of hydrogen-bond acceptors (Lipinski definition) is 4. The van der Waals surface area contributed by atoms with E-state index in [2.05, 4.69) is 141 Å². The SMILES string of the molecule is Cc1cnc(-c2cc(-c3ccccc3)cc(-c3nccc4c3nc(-c3cccc(C(C)(C)C)c3O)n4-c3ccccc3)c2)cc1-c1ccc(-c2ccccc2)cc1. The summed E-state index contributed by atoms with van der Waals surface area (Å²) < 4.78 is 2.13. The number of aryl methyl sites for hydroxylation is 1. The molecule has 276 valence electrons. The van der Waals surface area contributed by atoms with E-state index in [4.69, 9.17) is 15.0 Å². The van der Waals surface area contributed by atoms with Crippen molar-refractivity contribution in [3.8, 4) is 78.7 Å². The molecule has 9 rings (SSSR count). The van der Waals surface area contributed by atoms with Gasteiger partial charge in [0.05, 0.1) is 22.5 Å². The molecule has 57 heavy (non-hydrogen) atoms. The highest BCUT2D eigenvalue weighted by Crippen LogP contribution is 2.42. The standard InChI is InChI=1S/C52H42N4O/c1-34-33-54-46(32-44(34)38-25-23-37(24-26-38)35-15-8-5-9-16-35)40-29-39(36-17-10-6-11-18-36)30-41(31-40)48-49-47(27-28-53-48)56(42-19-12-7-13-20-42)51(55-49)43-21-14-22-45(50(43)57)52(2,3)4/h5-33,57H,1-4H3. The van der Waals surface area contributed by atoms with Gasteiger partial charge in [-0.25, -0.2) is 4.98 Å². The Morgan fingerprint density at radius 2 is 1.12 bits per heavy atom. The number of rotatable bonds is 7. The van der Waals surface area contributed by atoms with E-state index in [9.17, 15) is 5.11 Å². The van der Waals surface area contributed by atoms with Crippen LogP contribution < -0.4 is 0 Å². The lowest BCUT2D eigenvalue weighted by molar-refractivity contribution is 0.448. The summed E-state index contributed by atoms with van der Waals surface area (Å²) in [5, 5.41) is 11.8. The number of nitrogens with zero attached hydrogens (tertiary/aromatic N) is 4. The number of imidazole rings is 1. The van der Waals surface area contributed by atoms with Crippen molar-refractivity contribution in [1.82, 2.24) is 19.5 Å². The molecule has 0 amide bonds. The summed E-state index contributed by atoms with van der Waals surface area (Å²) in [6.07, 6.45) is 3.82. The minimum Gasteiger partial charge on any atom is -0.507 e. The number of hydrogen-bond donors (Lipinski definition) is 1. The van der Waals surface area contributed by atoms with Crippen LogP contribution in [0.1, 0.15) is 31.9 Å². The quantitative estimate of drug-likeness (QED) is 0.177. The first kappa shape index (κ1) is 35.6. The maximum Gasteiger partial charge on any atom is 0.149 e. The van der Waals surface area contributed by atoms with E-state index in [1.807, 2.05) is 67.0 Å². The van der Waals surface area contributed by atoms with Crippen molar-refractivity contribution in [1.29, 1.82) is 0 Å². The van der Waals surface area contributed by atoms with E-state index in [-0.39, 0.29) is 11.2 Å². The number of phenolic OH excluding ortho intramolecular Hbond substituents is 1. The minimum absolute atomic E-state index is 0.233. The molecule has 0 fully saturated rings. The van der Waals surface area contributed by atoms with Crippen molar-refractivity contribution < 1.29 is 5.11 Å². The largest absolute Gasteiger partial charge is 0.507 e. The van der Waals surface area contributed by atoms with Gasteiger partial charge in [0, 0.05) is 29.2 Å². The Balaban J connectivity index is 1.23. The predicted molar refractivity (Wildman–Crippen MR) is 234 cm³/mol. The molecule has 0 saturated carbocycles. The zero-order valence-electron chi connectivity index (χ0n) is 32.5. The molecule has 0 aliphatic carbocycles. The monoisotopic (exact) mass is 738 g/mol. The Labute approximate surface area is 333 Å². The van der Waals surface area contributed by atoms with Gasteiger partial charge in [0.1, 0.15) is 17.1 Å². The first-order valence-electron chi connectivity index (χ1n) is 19.3. The number of para-hydroxylation sites is 2. The summed E-state index contributed by atoms with van der Waals surface area (Å²) >= 11 is 0. The fourth-order valence-corrected chi connectivity index (χ4v) is 7.74. The highest BCUT2D eigenvalue weighted by molar-refractivity contribution is 5.96. The summed E-state index contributed by atoms with van der Waals surface area (Å²) in [7, 11) is 0. The van der Waals surface area contributed by atoms with Crippen molar-refractivity contribution in [2.24, 2.45) is 0 Å². The number of fused-ring (bicyclic) bond motifs is 1. The average Bonchev–Trinajstić information content (AvgIpc) is 3.64. The summed E-state index contributed by atoms with van der Waals surface area (Å²) in [5.41, 5.74) is 15.3. The van der Waals surface area contributed by atoms with Gasteiger partial charge in [-0.1, -0.05) is 136 Å². The van der Waals surface area contributed by atoms with Crippen LogP contribution in [0.25, 0.3) is 84.0 Å². The van der Waals surface area contributed by atoms with E-state index < -0.39 is 0 Å². The van der Waals surface area contributed by atoms with Crippen molar-refractivity contribution in [2.45, 2.75) is 33.1 Å². The van der Waals surface area contributed by atoms with E-state index >= 15 is 0 Å². The van der Waals surface area contributed by atoms with Crippen LogP contribution in [-0.4, -0.2) is 24.6 Å². The fourth-order valence-electron chi connectivity index (χ4n) is 7.74. The molecule has 6 aromatic carbocycles. The van der Waals surface area contributed by atoms with Crippen molar-refractivity contribution >= 4 is 11.0 Å². The Morgan fingerprint density at radius 1 is 0.526 bits per heavy atom. The molecule has 9 aromatic rings. The van der Waals surface area contributed by atoms with Crippen LogP contribution in [0.4, 0.5) is 0 Å². The second-order valence-electron chi connectivity index (χ2n) is 15.6. The molecule has 0 radical (unpaired) electrons. The molecule has 5 nitrogen and oxygen atoms in total. The Kier molecular flexibility index (Phi) is 9.06. The van der Waals surface area contributed by atoms with Gasteiger partial charge in [-0.3, -0.25) is 14.5 Å². The molecular formula is C52H42N4O. The summed E-state index contributed by atoms with van der Waals surface area (Å²) in [6, 6.07) is 56.6. The van der Waals surface area contributed by atoms with Crippen LogP contribution in [0.3, 0.4) is 0 Å². The topological polar surface area (TPSA) is 63.8 Å². The molecule has 0 saturated heterocycles. The van der Waals surface area contributed by atoms with E-state index in [1.165, 1.54) is 11.1 Å². The van der Waals surface area contributed by atoms with Crippen LogP contribution in [0.2, 0.25) is 0 Å². The molecule has 0 bridgehead atoms. The van der Waals surface area contributed by atoms with Gasteiger partial charge in [-0.05, 0) is 105 Å². The molecule has 0 atom stereocenters. The Morgan fingerprint density at radius 3 is 1.81 bits per heavy atom. The van der Waals surface area contributed by atoms with Crippen LogP contribution in [-0.2, 0) is 5.41 Å². The number of benzene rings is 6. The van der Waals surface area contributed by atoms with Gasteiger partial charge in [-0.15, -0.1) is 0 Å². The molecule has 5 heteroatoms. The Bertz CT molecular complexity index is 2870. The van der Waals surface area contributed by atoms with Gasteiger partial charge in [0.25, 0.3) is 0 Å².